The number of rotatable bonds is 11. The van der Waals surface area contributed by atoms with Crippen LogP contribution >= 0.6 is 0 Å². The Hall–Kier alpha value is -3.20. The minimum absolute atomic E-state index is 0.0401. The summed E-state index contributed by atoms with van der Waals surface area (Å²) in [5.41, 5.74) is 5.56. The highest BCUT2D eigenvalue weighted by Gasteiger charge is 2.29. The molecule has 1 aromatic carbocycles. The number of hydrogen-bond acceptors (Lipinski definition) is 7. The molecule has 0 amide bonds. The first-order chi connectivity index (χ1) is 15.3. The average molecular weight is 443 g/mol. The Labute approximate surface area is 186 Å². The van der Waals surface area contributed by atoms with Crippen LogP contribution in [0.3, 0.4) is 0 Å². The van der Waals surface area contributed by atoms with Gasteiger partial charge in [0.15, 0.2) is 5.78 Å². The van der Waals surface area contributed by atoms with Gasteiger partial charge in [0, 0.05) is 13.1 Å². The highest BCUT2D eigenvalue weighted by Crippen LogP contribution is 2.29. The molecule has 1 aliphatic rings. The number of Topliss-reactive ketones (excluding diaryl/α,β-unsaturated/α-hetero) is 1. The van der Waals surface area contributed by atoms with Crippen molar-refractivity contribution in [3.05, 3.63) is 62.3 Å². The van der Waals surface area contributed by atoms with Crippen LogP contribution in [0.15, 0.2) is 39.9 Å². The van der Waals surface area contributed by atoms with Crippen LogP contribution in [-0.2, 0) is 22.6 Å². The van der Waals surface area contributed by atoms with Gasteiger partial charge in [-0.25, -0.2) is 4.79 Å². The van der Waals surface area contributed by atoms with Gasteiger partial charge >= 0.3 is 11.7 Å². The zero-order valence-corrected chi connectivity index (χ0v) is 18.6. The number of hydrogen-bond donors (Lipinski definition) is 1. The van der Waals surface area contributed by atoms with Gasteiger partial charge < -0.3 is 10.5 Å². The molecule has 1 heterocycles. The van der Waals surface area contributed by atoms with E-state index in [0.717, 1.165) is 23.0 Å². The number of ether oxygens (including phenoxy) is 1. The second-order valence-electron chi connectivity index (χ2n) is 8.01. The number of nitrogen functional groups attached to an aromatic ring is 1. The van der Waals surface area contributed by atoms with E-state index >= 15 is 0 Å². The Balaban J connectivity index is 1.94. The van der Waals surface area contributed by atoms with Gasteiger partial charge in [-0.2, -0.15) is 0 Å². The predicted octanol–water partition coefficient (Wildman–Crippen LogP) is 1.12. The number of benzene rings is 1. The largest absolute Gasteiger partial charge is 0.465 e. The third-order valence-electron chi connectivity index (χ3n) is 5.48. The van der Waals surface area contributed by atoms with Gasteiger partial charge in [-0.05, 0) is 38.2 Å². The topological polar surface area (TPSA) is 117 Å². The second kappa shape index (κ2) is 10.4. The summed E-state index contributed by atoms with van der Waals surface area (Å²) in [4.78, 5) is 52.8. The molecule has 0 aliphatic heterocycles. The van der Waals surface area contributed by atoms with E-state index in [1.165, 1.54) is 4.57 Å². The number of anilines is 1. The molecule has 9 heteroatoms. The molecule has 1 aliphatic carbocycles. The normalized spacial score (nSPS) is 13.3. The summed E-state index contributed by atoms with van der Waals surface area (Å²) in [5.74, 6) is -0.662. The number of aromatic nitrogens is 2. The number of nitrogens with zero attached hydrogens (tertiary/aromatic N) is 3. The van der Waals surface area contributed by atoms with E-state index in [-0.39, 0.29) is 44.2 Å². The average Bonchev–Trinajstić information content (AvgIpc) is 3.56. The van der Waals surface area contributed by atoms with Gasteiger partial charge in [-0.15, -0.1) is 0 Å². The van der Waals surface area contributed by atoms with Crippen molar-refractivity contribution in [3.63, 3.8) is 0 Å². The first-order valence-electron chi connectivity index (χ1n) is 10.9. The van der Waals surface area contributed by atoms with E-state index in [4.69, 9.17) is 10.5 Å². The predicted molar refractivity (Wildman–Crippen MR) is 121 cm³/mol. The lowest BCUT2D eigenvalue weighted by atomic mass is 10.1. The van der Waals surface area contributed by atoms with Crippen molar-refractivity contribution in [2.75, 3.05) is 32.0 Å². The molecule has 1 saturated carbocycles. The van der Waals surface area contributed by atoms with Crippen LogP contribution in [-0.4, -0.2) is 52.0 Å². The maximum absolute atomic E-state index is 13.2. The molecule has 0 radical (unpaired) electrons. The molecule has 0 unspecified atom stereocenters. The first-order valence-corrected chi connectivity index (χ1v) is 10.9. The molecular formula is C23H30N4O5. The highest BCUT2D eigenvalue weighted by atomic mass is 16.5. The van der Waals surface area contributed by atoms with Gasteiger partial charge in [-0.1, -0.05) is 30.3 Å². The van der Waals surface area contributed by atoms with Crippen molar-refractivity contribution in [1.82, 2.24) is 14.0 Å². The molecule has 2 N–H and O–H groups in total. The van der Waals surface area contributed by atoms with Crippen LogP contribution in [0.2, 0.25) is 0 Å². The fourth-order valence-corrected chi connectivity index (χ4v) is 3.70. The van der Waals surface area contributed by atoms with Crippen LogP contribution in [0, 0.1) is 5.92 Å². The van der Waals surface area contributed by atoms with Crippen LogP contribution in [0.1, 0.15) is 42.6 Å². The monoisotopic (exact) mass is 442 g/mol. The van der Waals surface area contributed by atoms with Crippen molar-refractivity contribution < 1.29 is 14.3 Å². The summed E-state index contributed by atoms with van der Waals surface area (Å²) < 4.78 is 7.29. The Kier molecular flexibility index (Phi) is 7.63. The summed E-state index contributed by atoms with van der Waals surface area (Å²) in [5, 5.41) is 0. The van der Waals surface area contributed by atoms with Gasteiger partial charge in [0.25, 0.3) is 5.56 Å². The lowest BCUT2D eigenvalue weighted by Gasteiger charge is -2.21. The summed E-state index contributed by atoms with van der Waals surface area (Å²) in [6.45, 7) is 4.27. The van der Waals surface area contributed by atoms with E-state index in [1.54, 1.807) is 18.7 Å². The Morgan fingerprint density at radius 1 is 1.09 bits per heavy atom. The molecule has 2 aromatic rings. The van der Waals surface area contributed by atoms with E-state index in [0.29, 0.717) is 12.5 Å². The maximum atomic E-state index is 13.2. The molecule has 0 bridgehead atoms. The molecule has 0 saturated heterocycles. The molecule has 3 rings (SSSR count). The lowest BCUT2D eigenvalue weighted by molar-refractivity contribution is -0.144. The molecule has 32 heavy (non-hydrogen) atoms. The van der Waals surface area contributed by atoms with Gasteiger partial charge in [0.2, 0.25) is 0 Å². The standard InChI is InChI=1S/C23H30N4O5/c1-3-26-22(30)20(21(24)27(23(26)31)13-16-8-6-5-7-9-16)18(28)14-25(12-17-10-11-17)15-19(29)32-4-2/h5-9,17H,3-4,10-15,24H2,1-2H3. The smallest absolute Gasteiger partial charge is 0.332 e. The number of carbonyl (C=O) groups is 2. The number of ketones is 1. The highest BCUT2D eigenvalue weighted by molar-refractivity contribution is 6.01. The lowest BCUT2D eigenvalue weighted by Crippen LogP contribution is -2.46. The fraction of sp³-hybridized carbons (Fsp3) is 0.478. The molecule has 172 valence electrons. The third-order valence-corrected chi connectivity index (χ3v) is 5.48. The number of esters is 1. The Bertz CT molecular complexity index is 1090. The molecule has 1 aromatic heterocycles. The molecule has 9 nitrogen and oxygen atoms in total. The minimum Gasteiger partial charge on any atom is -0.465 e. The second-order valence-corrected chi connectivity index (χ2v) is 8.01. The van der Waals surface area contributed by atoms with Gasteiger partial charge in [0.1, 0.15) is 11.4 Å². The summed E-state index contributed by atoms with van der Waals surface area (Å²) >= 11 is 0. The molecular weight excluding hydrogens is 412 g/mol. The minimum atomic E-state index is -0.702. The van der Waals surface area contributed by atoms with Gasteiger partial charge in [0.05, 0.1) is 26.2 Å². The van der Waals surface area contributed by atoms with E-state index < -0.39 is 23.0 Å². The van der Waals surface area contributed by atoms with Crippen molar-refractivity contribution in [1.29, 1.82) is 0 Å². The van der Waals surface area contributed by atoms with Crippen LogP contribution < -0.4 is 17.0 Å². The Morgan fingerprint density at radius 2 is 1.78 bits per heavy atom. The van der Waals surface area contributed by atoms with Crippen LogP contribution in [0.5, 0.6) is 0 Å². The number of nitrogens with two attached hydrogens (primary N) is 1. The Morgan fingerprint density at radius 3 is 2.38 bits per heavy atom. The molecule has 1 fully saturated rings. The van der Waals surface area contributed by atoms with Gasteiger partial charge in [-0.3, -0.25) is 28.4 Å². The summed E-state index contributed by atoms with van der Waals surface area (Å²) in [6.07, 6.45) is 2.08. The van der Waals surface area contributed by atoms with Crippen molar-refractivity contribution >= 4 is 17.6 Å². The molecule has 0 spiro atoms. The summed E-state index contributed by atoms with van der Waals surface area (Å²) in [7, 11) is 0. The van der Waals surface area contributed by atoms with Crippen molar-refractivity contribution in [2.24, 2.45) is 5.92 Å². The van der Waals surface area contributed by atoms with Crippen LogP contribution in [0.25, 0.3) is 0 Å². The van der Waals surface area contributed by atoms with Crippen molar-refractivity contribution in [3.8, 4) is 0 Å². The fourth-order valence-electron chi connectivity index (χ4n) is 3.70. The number of carbonyl (C=O) groups excluding carboxylic acids is 2. The zero-order valence-electron chi connectivity index (χ0n) is 18.6. The van der Waals surface area contributed by atoms with E-state index in [1.807, 2.05) is 30.3 Å². The summed E-state index contributed by atoms with van der Waals surface area (Å²) in [6, 6.07) is 9.21. The molecule has 0 atom stereocenters. The van der Waals surface area contributed by atoms with E-state index in [9.17, 15) is 19.2 Å². The van der Waals surface area contributed by atoms with E-state index in [2.05, 4.69) is 0 Å². The zero-order chi connectivity index (χ0) is 23.3. The third kappa shape index (κ3) is 5.53. The maximum Gasteiger partial charge on any atom is 0.332 e. The quantitative estimate of drug-likeness (QED) is 0.409. The SMILES string of the molecule is CCOC(=O)CN(CC(=O)c1c(N)n(Cc2ccccc2)c(=O)n(CC)c1=O)CC1CC1. The van der Waals surface area contributed by atoms with Crippen molar-refractivity contribution in [2.45, 2.75) is 39.8 Å². The van der Waals surface area contributed by atoms with Crippen LogP contribution in [0.4, 0.5) is 5.82 Å². The first kappa shape index (κ1) is 23.5.